The predicted molar refractivity (Wildman–Crippen MR) is 64.0 cm³/mol. The van der Waals surface area contributed by atoms with E-state index in [1.807, 2.05) is 0 Å². The Bertz CT molecular complexity index is 309. The van der Waals surface area contributed by atoms with Gasteiger partial charge in [0.2, 0.25) is 0 Å². The van der Waals surface area contributed by atoms with Gasteiger partial charge in [0, 0.05) is 12.6 Å². The molecule has 0 bridgehead atoms. The zero-order chi connectivity index (χ0) is 11.3. The molecule has 0 fully saturated rings. The average molecular weight is 207 g/mol. The summed E-state index contributed by atoms with van der Waals surface area (Å²) < 4.78 is 0. The number of rotatable bonds is 5. The van der Waals surface area contributed by atoms with Crippen LogP contribution in [-0.4, -0.2) is 18.3 Å². The van der Waals surface area contributed by atoms with Gasteiger partial charge in [-0.25, -0.2) is 0 Å². The summed E-state index contributed by atoms with van der Waals surface area (Å²) in [6, 6.07) is 6.89. The number of aliphatic hydroxyl groups is 1. The van der Waals surface area contributed by atoms with Crippen LogP contribution in [0.5, 0.6) is 0 Å². The van der Waals surface area contributed by atoms with Crippen LogP contribution in [0, 0.1) is 13.8 Å². The van der Waals surface area contributed by atoms with E-state index in [1.165, 1.54) is 16.7 Å². The number of nitrogens with one attached hydrogen (secondary N) is 1. The molecular formula is C13H21NO. The summed E-state index contributed by atoms with van der Waals surface area (Å²) in [5.41, 5.74) is 3.98. The number of hydrogen-bond acceptors (Lipinski definition) is 2. The van der Waals surface area contributed by atoms with Gasteiger partial charge < -0.3 is 10.4 Å². The highest BCUT2D eigenvalue weighted by Gasteiger charge is 2.07. The van der Waals surface area contributed by atoms with Crippen molar-refractivity contribution in [2.45, 2.75) is 33.2 Å². The van der Waals surface area contributed by atoms with Crippen molar-refractivity contribution < 1.29 is 5.11 Å². The van der Waals surface area contributed by atoms with Crippen LogP contribution in [0.15, 0.2) is 18.2 Å². The van der Waals surface area contributed by atoms with Crippen molar-refractivity contribution in [2.75, 3.05) is 13.2 Å². The summed E-state index contributed by atoms with van der Waals surface area (Å²) in [6.07, 6.45) is 0.815. The lowest BCUT2D eigenvalue weighted by Crippen LogP contribution is -2.21. The number of aliphatic hydroxyl groups excluding tert-OH is 1. The van der Waals surface area contributed by atoms with Crippen LogP contribution in [0.1, 0.15) is 36.1 Å². The van der Waals surface area contributed by atoms with Gasteiger partial charge in [0.25, 0.3) is 0 Å². The molecular weight excluding hydrogens is 186 g/mol. The minimum atomic E-state index is 0.256. The highest BCUT2D eigenvalue weighted by molar-refractivity contribution is 5.32. The molecule has 84 valence electrons. The molecule has 0 aliphatic carbocycles. The van der Waals surface area contributed by atoms with Crippen molar-refractivity contribution >= 4 is 0 Å². The molecule has 0 heterocycles. The Morgan fingerprint density at radius 2 is 2.07 bits per heavy atom. The van der Waals surface area contributed by atoms with Crippen LogP contribution >= 0.6 is 0 Å². The zero-order valence-electron chi connectivity index (χ0n) is 9.88. The third kappa shape index (κ3) is 3.65. The molecule has 1 unspecified atom stereocenters. The second kappa shape index (κ2) is 5.89. The van der Waals surface area contributed by atoms with Gasteiger partial charge in [0.15, 0.2) is 0 Å². The fraction of sp³-hybridized carbons (Fsp3) is 0.538. The lowest BCUT2D eigenvalue weighted by molar-refractivity contribution is 0.284. The van der Waals surface area contributed by atoms with Gasteiger partial charge in [-0.05, 0) is 44.9 Å². The van der Waals surface area contributed by atoms with Gasteiger partial charge in [-0.2, -0.15) is 0 Å². The first-order valence-corrected chi connectivity index (χ1v) is 5.56. The van der Waals surface area contributed by atoms with E-state index in [4.69, 9.17) is 5.11 Å². The molecule has 0 aliphatic rings. The van der Waals surface area contributed by atoms with Gasteiger partial charge in [-0.15, -0.1) is 0 Å². The maximum absolute atomic E-state index is 8.71. The molecule has 1 aromatic carbocycles. The third-order valence-electron chi connectivity index (χ3n) is 2.69. The molecule has 15 heavy (non-hydrogen) atoms. The Balaban J connectivity index is 2.64. The normalized spacial score (nSPS) is 12.8. The Labute approximate surface area is 92.3 Å². The van der Waals surface area contributed by atoms with Crippen LogP contribution in [0.2, 0.25) is 0 Å². The largest absolute Gasteiger partial charge is 0.396 e. The van der Waals surface area contributed by atoms with E-state index >= 15 is 0 Å². The fourth-order valence-corrected chi connectivity index (χ4v) is 1.73. The first-order chi connectivity index (χ1) is 7.15. The molecule has 0 radical (unpaired) electrons. The quantitative estimate of drug-likeness (QED) is 0.726. The standard InChI is InChI=1S/C13H21NO/c1-10-5-6-11(2)13(9-10)12(3)14-7-4-8-15/h5-6,9,12,14-15H,4,7-8H2,1-3H3. The summed E-state index contributed by atoms with van der Waals surface area (Å²) in [4.78, 5) is 0. The van der Waals surface area contributed by atoms with Crippen molar-refractivity contribution in [2.24, 2.45) is 0 Å². The summed E-state index contributed by atoms with van der Waals surface area (Å²) in [5.74, 6) is 0. The highest BCUT2D eigenvalue weighted by Crippen LogP contribution is 2.18. The van der Waals surface area contributed by atoms with Gasteiger partial charge in [-0.3, -0.25) is 0 Å². The van der Waals surface area contributed by atoms with E-state index in [0.29, 0.717) is 6.04 Å². The smallest absolute Gasteiger partial charge is 0.0443 e. The summed E-state index contributed by atoms with van der Waals surface area (Å²) in [6.45, 7) is 7.54. The van der Waals surface area contributed by atoms with Gasteiger partial charge in [0.05, 0.1) is 0 Å². The van der Waals surface area contributed by atoms with Crippen molar-refractivity contribution in [3.63, 3.8) is 0 Å². The van der Waals surface area contributed by atoms with Crippen LogP contribution in [0.4, 0.5) is 0 Å². The number of hydrogen-bond donors (Lipinski definition) is 2. The van der Waals surface area contributed by atoms with Crippen LogP contribution < -0.4 is 5.32 Å². The van der Waals surface area contributed by atoms with E-state index in [0.717, 1.165) is 13.0 Å². The van der Waals surface area contributed by atoms with Crippen LogP contribution in [0.25, 0.3) is 0 Å². The van der Waals surface area contributed by atoms with Crippen molar-refractivity contribution in [3.05, 3.63) is 34.9 Å². The molecule has 1 atom stereocenters. The monoisotopic (exact) mass is 207 g/mol. The molecule has 0 aromatic heterocycles. The number of aryl methyl sites for hydroxylation is 2. The van der Waals surface area contributed by atoms with Crippen molar-refractivity contribution in [3.8, 4) is 0 Å². The Kier molecular flexibility index (Phi) is 4.79. The molecule has 0 spiro atoms. The second-order valence-corrected chi connectivity index (χ2v) is 4.11. The highest BCUT2D eigenvalue weighted by atomic mass is 16.3. The second-order valence-electron chi connectivity index (χ2n) is 4.11. The van der Waals surface area contributed by atoms with Crippen LogP contribution in [-0.2, 0) is 0 Å². The molecule has 1 aromatic rings. The molecule has 0 amide bonds. The Morgan fingerprint density at radius 3 is 2.73 bits per heavy atom. The Hall–Kier alpha value is -0.860. The summed E-state index contributed by atoms with van der Waals surface area (Å²) >= 11 is 0. The van der Waals surface area contributed by atoms with E-state index < -0.39 is 0 Å². The summed E-state index contributed by atoms with van der Waals surface area (Å²) in [5, 5.41) is 12.1. The van der Waals surface area contributed by atoms with E-state index in [9.17, 15) is 0 Å². The lowest BCUT2D eigenvalue weighted by Gasteiger charge is -2.17. The minimum absolute atomic E-state index is 0.256. The molecule has 2 N–H and O–H groups in total. The lowest BCUT2D eigenvalue weighted by atomic mass is 10.00. The molecule has 0 aliphatic heterocycles. The first-order valence-electron chi connectivity index (χ1n) is 5.56. The minimum Gasteiger partial charge on any atom is -0.396 e. The SMILES string of the molecule is Cc1ccc(C)c(C(C)NCCCO)c1. The zero-order valence-corrected chi connectivity index (χ0v) is 9.88. The topological polar surface area (TPSA) is 32.3 Å². The van der Waals surface area contributed by atoms with Crippen molar-refractivity contribution in [1.82, 2.24) is 5.32 Å². The maximum atomic E-state index is 8.71. The predicted octanol–water partition coefficient (Wildman–Crippen LogP) is 2.34. The molecule has 0 saturated carbocycles. The third-order valence-corrected chi connectivity index (χ3v) is 2.69. The van der Waals surface area contributed by atoms with E-state index in [-0.39, 0.29) is 6.61 Å². The number of benzene rings is 1. The van der Waals surface area contributed by atoms with Gasteiger partial charge in [0.1, 0.15) is 0 Å². The summed E-state index contributed by atoms with van der Waals surface area (Å²) in [7, 11) is 0. The first kappa shape index (κ1) is 12.2. The van der Waals surface area contributed by atoms with Crippen LogP contribution in [0.3, 0.4) is 0 Å². The fourth-order valence-electron chi connectivity index (χ4n) is 1.73. The average Bonchev–Trinajstić information content (AvgIpc) is 2.22. The molecule has 2 nitrogen and oxygen atoms in total. The molecule has 0 saturated heterocycles. The van der Waals surface area contributed by atoms with Crippen molar-refractivity contribution in [1.29, 1.82) is 0 Å². The van der Waals surface area contributed by atoms with E-state index in [2.05, 4.69) is 44.3 Å². The van der Waals surface area contributed by atoms with Gasteiger partial charge >= 0.3 is 0 Å². The van der Waals surface area contributed by atoms with E-state index in [1.54, 1.807) is 0 Å². The van der Waals surface area contributed by atoms with Gasteiger partial charge in [-0.1, -0.05) is 23.8 Å². The molecule has 2 heteroatoms. The maximum Gasteiger partial charge on any atom is 0.0443 e. The Morgan fingerprint density at radius 1 is 1.33 bits per heavy atom. The molecule has 1 rings (SSSR count).